The summed E-state index contributed by atoms with van der Waals surface area (Å²) in [6, 6.07) is 26.3. The first-order chi connectivity index (χ1) is 17.7. The molecule has 0 saturated carbocycles. The number of aromatic amines is 1. The summed E-state index contributed by atoms with van der Waals surface area (Å²) in [6.07, 6.45) is 4.40. The normalized spacial score (nSPS) is 14.5. The molecule has 1 amide bonds. The molecule has 3 aromatic carbocycles. The van der Waals surface area contributed by atoms with Gasteiger partial charge in [-0.05, 0) is 54.7 Å². The standard InChI is InChI=1S/C30H30N4O2/c35-30(18-23-19-31-26-11-5-4-10-25(23)26)33-16-14-22(15-17-33)20-34-28-13-7-6-12-27(28)32-29(34)21-36-24-8-2-1-3-9-24/h1-13,19,22,31H,14-18,20-21H2. The highest BCUT2D eigenvalue weighted by atomic mass is 16.5. The lowest BCUT2D eigenvalue weighted by molar-refractivity contribution is -0.131. The van der Waals surface area contributed by atoms with Crippen LogP contribution in [-0.4, -0.2) is 38.4 Å². The van der Waals surface area contributed by atoms with Crippen molar-refractivity contribution in [3.05, 3.63) is 96.4 Å². The number of likely N-dealkylation sites (tertiary alicyclic amines) is 1. The molecule has 6 nitrogen and oxygen atoms in total. The molecule has 1 N–H and O–H groups in total. The highest BCUT2D eigenvalue weighted by Gasteiger charge is 2.25. The number of benzene rings is 3. The third kappa shape index (κ3) is 4.59. The largest absolute Gasteiger partial charge is 0.486 e. The van der Waals surface area contributed by atoms with Gasteiger partial charge < -0.3 is 19.2 Å². The second-order valence-corrected chi connectivity index (χ2v) is 9.59. The number of aromatic nitrogens is 3. The summed E-state index contributed by atoms with van der Waals surface area (Å²) >= 11 is 0. The highest BCUT2D eigenvalue weighted by molar-refractivity contribution is 5.89. The van der Waals surface area contributed by atoms with Crippen LogP contribution in [0.5, 0.6) is 5.75 Å². The van der Waals surface area contributed by atoms with E-state index in [0.29, 0.717) is 18.9 Å². The lowest BCUT2D eigenvalue weighted by Crippen LogP contribution is -2.40. The third-order valence-corrected chi connectivity index (χ3v) is 7.27. The minimum atomic E-state index is 0.211. The van der Waals surface area contributed by atoms with E-state index >= 15 is 0 Å². The van der Waals surface area contributed by atoms with Gasteiger partial charge >= 0.3 is 0 Å². The average molecular weight is 479 g/mol. The number of hydrogen-bond acceptors (Lipinski definition) is 3. The smallest absolute Gasteiger partial charge is 0.227 e. The van der Waals surface area contributed by atoms with Gasteiger partial charge in [0.05, 0.1) is 17.5 Å². The fraction of sp³-hybridized carbons (Fsp3) is 0.267. The van der Waals surface area contributed by atoms with Crippen LogP contribution >= 0.6 is 0 Å². The van der Waals surface area contributed by atoms with Gasteiger partial charge in [0.25, 0.3) is 0 Å². The first kappa shape index (κ1) is 22.4. The number of rotatable bonds is 7. The Balaban J connectivity index is 1.11. The van der Waals surface area contributed by atoms with E-state index in [1.807, 2.05) is 65.7 Å². The molecule has 1 fully saturated rings. The quantitative estimate of drug-likeness (QED) is 0.332. The van der Waals surface area contributed by atoms with Crippen LogP contribution in [0.25, 0.3) is 21.9 Å². The molecule has 2 aromatic heterocycles. The lowest BCUT2D eigenvalue weighted by Gasteiger charge is -2.32. The van der Waals surface area contributed by atoms with Gasteiger partial charge in [-0.1, -0.05) is 48.5 Å². The molecule has 5 aromatic rings. The van der Waals surface area contributed by atoms with Gasteiger partial charge in [0.1, 0.15) is 18.2 Å². The van der Waals surface area contributed by atoms with Crippen molar-refractivity contribution >= 4 is 27.8 Å². The number of nitrogens with one attached hydrogen (secondary N) is 1. The van der Waals surface area contributed by atoms with E-state index in [1.165, 1.54) is 0 Å². The molecule has 6 rings (SSSR count). The maximum absolute atomic E-state index is 13.1. The molecule has 0 atom stereocenters. The number of para-hydroxylation sites is 4. The van der Waals surface area contributed by atoms with Crippen molar-refractivity contribution in [2.45, 2.75) is 32.4 Å². The maximum atomic E-state index is 13.1. The molecule has 3 heterocycles. The van der Waals surface area contributed by atoms with E-state index in [0.717, 1.165) is 71.5 Å². The molecule has 0 unspecified atom stereocenters. The van der Waals surface area contributed by atoms with Crippen molar-refractivity contribution in [1.82, 2.24) is 19.4 Å². The van der Waals surface area contributed by atoms with Crippen LogP contribution in [-0.2, 0) is 24.4 Å². The Morgan fingerprint density at radius 2 is 1.69 bits per heavy atom. The number of carbonyl (C=O) groups excluding carboxylic acids is 1. The minimum absolute atomic E-state index is 0.211. The van der Waals surface area contributed by atoms with Gasteiger partial charge in [0.15, 0.2) is 0 Å². The number of hydrogen-bond donors (Lipinski definition) is 1. The zero-order valence-electron chi connectivity index (χ0n) is 20.3. The van der Waals surface area contributed by atoms with Crippen LogP contribution in [0.2, 0.25) is 0 Å². The number of H-pyrrole nitrogens is 1. The fourth-order valence-electron chi connectivity index (χ4n) is 5.28. The van der Waals surface area contributed by atoms with E-state index in [9.17, 15) is 4.79 Å². The maximum Gasteiger partial charge on any atom is 0.227 e. The molecule has 6 heteroatoms. The molecule has 1 aliphatic heterocycles. The van der Waals surface area contributed by atoms with Crippen LogP contribution in [0.4, 0.5) is 0 Å². The summed E-state index contributed by atoms with van der Waals surface area (Å²) in [5.74, 6) is 2.49. The third-order valence-electron chi connectivity index (χ3n) is 7.27. The van der Waals surface area contributed by atoms with Crippen LogP contribution in [0.3, 0.4) is 0 Å². The van der Waals surface area contributed by atoms with Gasteiger partial charge in [-0.25, -0.2) is 4.98 Å². The Kier molecular flexibility index (Phi) is 6.16. The first-order valence-electron chi connectivity index (χ1n) is 12.7. The molecule has 0 aliphatic carbocycles. The predicted molar refractivity (Wildman–Crippen MR) is 142 cm³/mol. The topological polar surface area (TPSA) is 63.2 Å². The van der Waals surface area contributed by atoms with Crippen LogP contribution in [0, 0.1) is 5.92 Å². The van der Waals surface area contributed by atoms with E-state index in [4.69, 9.17) is 9.72 Å². The number of ether oxygens (including phenoxy) is 1. The average Bonchev–Trinajstić information content (AvgIpc) is 3.50. The summed E-state index contributed by atoms with van der Waals surface area (Å²) in [7, 11) is 0. The van der Waals surface area contributed by atoms with Crippen molar-refractivity contribution in [2.75, 3.05) is 13.1 Å². The van der Waals surface area contributed by atoms with Crippen LogP contribution < -0.4 is 4.74 Å². The molecule has 0 radical (unpaired) electrons. The Morgan fingerprint density at radius 1 is 0.944 bits per heavy atom. The molecule has 36 heavy (non-hydrogen) atoms. The summed E-state index contributed by atoms with van der Waals surface area (Å²) in [5, 5.41) is 1.14. The van der Waals surface area contributed by atoms with E-state index in [1.54, 1.807) is 0 Å². The van der Waals surface area contributed by atoms with E-state index in [-0.39, 0.29) is 5.91 Å². The van der Waals surface area contributed by atoms with Crippen LogP contribution in [0.1, 0.15) is 24.2 Å². The lowest BCUT2D eigenvalue weighted by atomic mass is 9.96. The van der Waals surface area contributed by atoms with Crippen molar-refractivity contribution in [1.29, 1.82) is 0 Å². The first-order valence-corrected chi connectivity index (χ1v) is 12.7. The van der Waals surface area contributed by atoms with Crippen molar-refractivity contribution in [3.8, 4) is 5.75 Å². The Morgan fingerprint density at radius 3 is 2.56 bits per heavy atom. The van der Waals surface area contributed by atoms with Crippen LogP contribution in [0.15, 0.2) is 85.1 Å². The molecule has 182 valence electrons. The Hall–Kier alpha value is -4.06. The molecular formula is C30H30N4O2. The summed E-state index contributed by atoms with van der Waals surface area (Å²) in [6.45, 7) is 2.92. The van der Waals surface area contributed by atoms with Gasteiger partial charge in [0.2, 0.25) is 5.91 Å². The van der Waals surface area contributed by atoms with E-state index < -0.39 is 0 Å². The van der Waals surface area contributed by atoms with Gasteiger partial charge in [-0.3, -0.25) is 4.79 Å². The number of nitrogens with zero attached hydrogens (tertiary/aromatic N) is 3. The SMILES string of the molecule is O=C(Cc1c[nH]c2ccccc12)N1CCC(Cn2c(COc3ccccc3)nc3ccccc32)CC1. The van der Waals surface area contributed by atoms with E-state index in [2.05, 4.69) is 33.8 Å². The molecule has 0 bridgehead atoms. The summed E-state index contributed by atoms with van der Waals surface area (Å²) < 4.78 is 8.35. The Labute approximate surface area is 210 Å². The number of fused-ring (bicyclic) bond motifs is 2. The minimum Gasteiger partial charge on any atom is -0.486 e. The van der Waals surface area contributed by atoms with Crippen molar-refractivity contribution < 1.29 is 9.53 Å². The molecule has 0 spiro atoms. The zero-order valence-corrected chi connectivity index (χ0v) is 20.3. The zero-order chi connectivity index (χ0) is 24.3. The molecule has 1 aliphatic rings. The monoisotopic (exact) mass is 478 g/mol. The van der Waals surface area contributed by atoms with Crippen molar-refractivity contribution in [3.63, 3.8) is 0 Å². The van der Waals surface area contributed by atoms with Crippen molar-refractivity contribution in [2.24, 2.45) is 5.92 Å². The number of amides is 1. The second kappa shape index (κ2) is 9.90. The predicted octanol–water partition coefficient (Wildman–Crippen LogP) is 5.58. The number of carbonyl (C=O) groups is 1. The Bertz CT molecular complexity index is 1480. The number of piperidine rings is 1. The highest BCUT2D eigenvalue weighted by Crippen LogP contribution is 2.26. The second-order valence-electron chi connectivity index (χ2n) is 9.59. The fourth-order valence-corrected chi connectivity index (χ4v) is 5.28. The molecule has 1 saturated heterocycles. The van der Waals surface area contributed by atoms with Gasteiger partial charge in [-0.15, -0.1) is 0 Å². The van der Waals surface area contributed by atoms with Gasteiger partial charge in [0, 0.05) is 36.7 Å². The number of imidazole rings is 1. The molecular weight excluding hydrogens is 448 g/mol. The van der Waals surface area contributed by atoms with Gasteiger partial charge in [-0.2, -0.15) is 0 Å². The summed E-state index contributed by atoms with van der Waals surface area (Å²) in [4.78, 5) is 23.2. The summed E-state index contributed by atoms with van der Waals surface area (Å²) in [5.41, 5.74) is 4.29.